The first-order chi connectivity index (χ1) is 31.8. The lowest BCUT2D eigenvalue weighted by molar-refractivity contribution is -0.145. The van der Waals surface area contributed by atoms with Gasteiger partial charge in [-0.1, -0.05) is 65.8 Å². The molecular formula is C52H70N6O7Si. The third kappa shape index (κ3) is 9.94. The number of carbonyl (C=O) groups excluding carboxylic acids is 2. The number of allylic oxidation sites excluding steroid dienone is 3. The van der Waals surface area contributed by atoms with E-state index in [9.17, 15) is 15.0 Å². The number of benzene rings is 3. The van der Waals surface area contributed by atoms with Crippen molar-refractivity contribution in [3.8, 4) is 11.5 Å². The number of methoxy groups -OCH3 is 1. The molecule has 1 aromatic heterocycles. The van der Waals surface area contributed by atoms with Crippen molar-refractivity contribution in [3.05, 3.63) is 107 Å². The molecular weight excluding hydrogens is 849 g/mol. The van der Waals surface area contributed by atoms with Gasteiger partial charge in [-0.05, 0) is 132 Å². The van der Waals surface area contributed by atoms with Gasteiger partial charge in [0.1, 0.15) is 11.5 Å². The van der Waals surface area contributed by atoms with E-state index < -0.39 is 19.7 Å². The Balaban J connectivity index is 1.35. The van der Waals surface area contributed by atoms with Gasteiger partial charge < -0.3 is 34.6 Å². The molecule has 2 amide bonds. The molecule has 1 unspecified atom stereocenters. The number of rotatable bonds is 21. The smallest absolute Gasteiger partial charge is 0.264 e. The van der Waals surface area contributed by atoms with Crippen LogP contribution in [0.1, 0.15) is 83.5 Å². The topological polar surface area (TPSA) is 152 Å². The van der Waals surface area contributed by atoms with Crippen LogP contribution < -0.4 is 29.8 Å². The minimum Gasteiger partial charge on any atom is -0.497 e. The predicted molar refractivity (Wildman–Crippen MR) is 263 cm³/mol. The van der Waals surface area contributed by atoms with E-state index in [0.29, 0.717) is 57.6 Å². The van der Waals surface area contributed by atoms with Gasteiger partial charge in [-0.3, -0.25) is 19.2 Å². The number of aromatic nitrogens is 3. The molecule has 66 heavy (non-hydrogen) atoms. The maximum atomic E-state index is 15.8. The fourth-order valence-corrected chi connectivity index (χ4v) is 14.5. The number of anilines is 3. The molecule has 4 heterocycles. The van der Waals surface area contributed by atoms with E-state index in [1.807, 2.05) is 71.2 Å². The van der Waals surface area contributed by atoms with Crippen LogP contribution in [-0.4, -0.2) is 97.3 Å². The minimum absolute atomic E-state index is 0.0108. The summed E-state index contributed by atoms with van der Waals surface area (Å²) in [4.78, 5) is 34.3. The van der Waals surface area contributed by atoms with E-state index in [1.165, 1.54) is 16.3 Å². The average molecular weight is 919 g/mol. The SMILES string of the molecule is CCOc1ccc2c(c1)CC(NCCCCO)C(=O)N2c1ccc2c(c1)[C@@]1(O[C@H](CCn3cc(CCO)nn3)[C@@H]([Si](C)(C)c3ccc(OC)cc3)[C@@H]1C)C(=O)N2C/C=C(\C)CCC=C(C)C. The highest BCUT2D eigenvalue weighted by Crippen LogP contribution is 2.60. The molecule has 13 nitrogen and oxygen atoms in total. The largest absolute Gasteiger partial charge is 0.497 e. The van der Waals surface area contributed by atoms with E-state index >= 15 is 4.79 Å². The number of unbranched alkanes of at least 4 members (excludes halogenated alkanes) is 1. The molecule has 0 aliphatic carbocycles. The van der Waals surface area contributed by atoms with E-state index in [2.05, 4.69) is 80.7 Å². The number of nitrogens with zero attached hydrogens (tertiary/aromatic N) is 5. The van der Waals surface area contributed by atoms with E-state index in [0.717, 1.165) is 59.0 Å². The zero-order chi connectivity index (χ0) is 47.2. The van der Waals surface area contributed by atoms with Gasteiger partial charge in [-0.25, -0.2) is 0 Å². The first-order valence-electron chi connectivity index (χ1n) is 23.8. The highest BCUT2D eigenvalue weighted by Gasteiger charge is 2.66. The van der Waals surface area contributed by atoms with Crippen LogP contribution in [0.25, 0.3) is 0 Å². The number of aryl methyl sites for hydroxylation is 1. The van der Waals surface area contributed by atoms with Crippen LogP contribution in [0.3, 0.4) is 0 Å². The first-order valence-corrected chi connectivity index (χ1v) is 26.9. The number of aliphatic hydroxyl groups is 2. The lowest BCUT2D eigenvalue weighted by Gasteiger charge is -2.37. The summed E-state index contributed by atoms with van der Waals surface area (Å²) in [6.45, 7) is 17.3. The molecule has 5 atom stereocenters. The number of hydrogen-bond acceptors (Lipinski definition) is 10. The summed E-state index contributed by atoms with van der Waals surface area (Å²) in [7, 11) is -0.799. The average Bonchev–Trinajstić information content (AvgIpc) is 3.95. The van der Waals surface area contributed by atoms with Crippen LogP contribution in [-0.2, 0) is 39.3 Å². The molecule has 3 aliphatic heterocycles. The molecule has 7 rings (SSSR count). The van der Waals surface area contributed by atoms with Crippen molar-refractivity contribution in [1.82, 2.24) is 20.3 Å². The fourth-order valence-electron chi connectivity index (χ4n) is 10.5. The van der Waals surface area contributed by atoms with Gasteiger partial charge in [0.15, 0.2) is 5.60 Å². The van der Waals surface area contributed by atoms with Gasteiger partial charge in [-0.2, -0.15) is 0 Å². The zero-order valence-corrected chi connectivity index (χ0v) is 41.2. The molecule has 354 valence electrons. The number of hydrogen-bond donors (Lipinski definition) is 3. The van der Waals surface area contributed by atoms with Crippen molar-refractivity contribution in [2.24, 2.45) is 5.92 Å². The number of ether oxygens (including phenoxy) is 3. The summed E-state index contributed by atoms with van der Waals surface area (Å²) < 4.78 is 20.9. The lowest BCUT2D eigenvalue weighted by Crippen LogP contribution is -2.52. The van der Waals surface area contributed by atoms with Crippen molar-refractivity contribution in [1.29, 1.82) is 0 Å². The standard InChI is InChI=1S/C52H70N6O7Si/c1-9-64-42-18-22-46-38(31-42)32-45(53-26-10-11-29-59)50(61)58(46)40-15-21-47-44(33-40)52(51(62)57(47)28-23-36(4)14-12-13-35(2)3)37(5)49(66(7,8)43-19-16-41(63-6)17-20-43)48(65-52)24-27-56-34-39(25-30-60)54-55-56/h13,15-23,31,33-34,37,45,48-49,53,59-60H,9-12,14,24-30,32H2,1-8H3/b36-23+/t37-,45?,48+,49-,52+/m0/s1. The van der Waals surface area contributed by atoms with Crippen LogP contribution >= 0.6 is 0 Å². The maximum Gasteiger partial charge on any atom is 0.264 e. The van der Waals surface area contributed by atoms with Crippen molar-refractivity contribution >= 4 is 42.1 Å². The molecule has 4 aromatic rings. The Bertz CT molecular complexity index is 2390. The fraction of sp³-hybridized carbons (Fsp3) is 0.500. The molecule has 1 fully saturated rings. The summed E-state index contributed by atoms with van der Waals surface area (Å²) in [5.74, 6) is 1.09. The minimum atomic E-state index is -2.47. The molecule has 1 spiro atoms. The number of aliphatic hydroxyl groups excluding tert-OH is 2. The third-order valence-electron chi connectivity index (χ3n) is 13.9. The molecule has 1 saturated heterocycles. The maximum absolute atomic E-state index is 15.8. The van der Waals surface area contributed by atoms with E-state index in [1.54, 1.807) is 12.0 Å². The van der Waals surface area contributed by atoms with Crippen LogP contribution in [0.5, 0.6) is 11.5 Å². The summed E-state index contributed by atoms with van der Waals surface area (Å²) in [6.07, 6.45) is 10.7. The third-order valence-corrected chi connectivity index (χ3v) is 18.3. The van der Waals surface area contributed by atoms with Gasteiger partial charge >= 0.3 is 0 Å². The van der Waals surface area contributed by atoms with Crippen LogP contribution in [0, 0.1) is 5.92 Å². The molecule has 3 N–H and O–H groups in total. The molecule has 14 heteroatoms. The number of nitrogens with one attached hydrogen (secondary N) is 1. The molecule has 3 aliphatic rings. The molecule has 0 bridgehead atoms. The second-order valence-corrected chi connectivity index (χ2v) is 23.6. The summed E-state index contributed by atoms with van der Waals surface area (Å²) in [5.41, 5.74) is 5.81. The highest BCUT2D eigenvalue weighted by molar-refractivity contribution is 6.91. The van der Waals surface area contributed by atoms with Gasteiger partial charge in [0.25, 0.3) is 5.91 Å². The first kappa shape index (κ1) is 48.8. The second-order valence-electron chi connectivity index (χ2n) is 18.9. The number of fused-ring (bicyclic) bond motifs is 3. The van der Waals surface area contributed by atoms with Crippen LogP contribution in [0.4, 0.5) is 17.1 Å². The Labute approximate surface area is 391 Å². The summed E-state index contributed by atoms with van der Waals surface area (Å²) >= 11 is 0. The molecule has 3 aromatic carbocycles. The summed E-state index contributed by atoms with van der Waals surface area (Å²) in [6, 6.07) is 19.8. The Kier molecular flexibility index (Phi) is 15.7. The van der Waals surface area contributed by atoms with Gasteiger partial charge in [0.2, 0.25) is 5.91 Å². The Morgan fingerprint density at radius 3 is 2.45 bits per heavy atom. The Morgan fingerprint density at radius 2 is 1.74 bits per heavy atom. The Hall–Kier alpha value is -5.12. The van der Waals surface area contributed by atoms with Crippen molar-refractivity contribution in [2.75, 3.05) is 49.8 Å². The number of amides is 2. The van der Waals surface area contributed by atoms with E-state index in [4.69, 9.17) is 14.2 Å². The predicted octanol–water partition coefficient (Wildman–Crippen LogP) is 7.52. The zero-order valence-electron chi connectivity index (χ0n) is 40.2. The van der Waals surface area contributed by atoms with Crippen molar-refractivity contribution in [2.45, 2.75) is 122 Å². The van der Waals surface area contributed by atoms with Crippen LogP contribution in [0.2, 0.25) is 18.6 Å². The highest BCUT2D eigenvalue weighted by atomic mass is 28.3. The lowest BCUT2D eigenvalue weighted by atomic mass is 9.82. The van der Waals surface area contributed by atoms with E-state index in [-0.39, 0.29) is 42.6 Å². The Morgan fingerprint density at radius 1 is 0.985 bits per heavy atom. The van der Waals surface area contributed by atoms with Gasteiger partial charge in [0.05, 0.1) is 51.0 Å². The molecule has 0 saturated carbocycles. The van der Waals surface area contributed by atoms with Crippen molar-refractivity contribution in [3.63, 3.8) is 0 Å². The van der Waals surface area contributed by atoms with Crippen LogP contribution in [0.15, 0.2) is 90.2 Å². The van der Waals surface area contributed by atoms with Gasteiger partial charge in [0, 0.05) is 56.1 Å². The van der Waals surface area contributed by atoms with Gasteiger partial charge in [-0.15, -0.1) is 5.10 Å². The summed E-state index contributed by atoms with van der Waals surface area (Å²) in [5, 5.41) is 32.5. The normalized spacial score (nSPS) is 21.7. The van der Waals surface area contributed by atoms with Crippen molar-refractivity contribution < 1.29 is 34.0 Å². The quantitative estimate of drug-likeness (QED) is 0.0435. The monoisotopic (exact) mass is 919 g/mol. The number of carbonyl (C=O) groups is 2. The second kappa shape index (κ2) is 21.2. The molecule has 0 radical (unpaired) electrons.